The number of benzene rings is 1. The van der Waals surface area contributed by atoms with Crippen molar-refractivity contribution in [3.63, 3.8) is 0 Å². The van der Waals surface area contributed by atoms with Crippen LogP contribution in [0.2, 0.25) is 0 Å². The van der Waals surface area contributed by atoms with Gasteiger partial charge in [-0.15, -0.1) is 0 Å². The average Bonchev–Trinajstić information content (AvgIpc) is 3.34. The van der Waals surface area contributed by atoms with Crippen molar-refractivity contribution in [3.05, 3.63) is 65.7 Å². The Morgan fingerprint density at radius 1 is 1.07 bits per heavy atom. The van der Waals surface area contributed by atoms with Crippen LogP contribution in [-0.4, -0.2) is 31.9 Å². The highest BCUT2D eigenvalue weighted by molar-refractivity contribution is 5.65. The van der Waals surface area contributed by atoms with E-state index in [-0.39, 0.29) is 0 Å². The summed E-state index contributed by atoms with van der Waals surface area (Å²) < 4.78 is 5.21. The first kappa shape index (κ1) is 15.7. The number of hydrogen-bond acceptors (Lipinski definition) is 6. The van der Waals surface area contributed by atoms with E-state index in [2.05, 4.69) is 42.4 Å². The van der Waals surface area contributed by atoms with E-state index in [0.717, 1.165) is 42.1 Å². The van der Waals surface area contributed by atoms with Crippen LogP contribution in [0.3, 0.4) is 0 Å². The summed E-state index contributed by atoms with van der Waals surface area (Å²) in [5.74, 6) is 2.04. The van der Waals surface area contributed by atoms with E-state index in [9.17, 15) is 0 Å². The molecule has 0 radical (unpaired) electrons. The van der Waals surface area contributed by atoms with E-state index in [4.69, 9.17) is 4.52 Å². The van der Waals surface area contributed by atoms with Crippen molar-refractivity contribution in [3.8, 4) is 22.7 Å². The number of pyridine rings is 1. The highest BCUT2D eigenvalue weighted by Gasteiger charge is 2.23. The van der Waals surface area contributed by atoms with Gasteiger partial charge in [-0.3, -0.25) is 5.10 Å². The first-order valence-electron chi connectivity index (χ1n) is 8.91. The van der Waals surface area contributed by atoms with Crippen molar-refractivity contribution in [2.45, 2.75) is 19.9 Å². The number of aromatic nitrogens is 5. The van der Waals surface area contributed by atoms with Gasteiger partial charge >= 0.3 is 0 Å². The second-order valence-electron chi connectivity index (χ2n) is 6.62. The Bertz CT molecular complexity index is 1070. The van der Waals surface area contributed by atoms with Crippen molar-refractivity contribution in [2.75, 3.05) is 11.4 Å². The van der Waals surface area contributed by atoms with E-state index >= 15 is 0 Å². The van der Waals surface area contributed by atoms with Gasteiger partial charge in [0.25, 0.3) is 5.89 Å². The van der Waals surface area contributed by atoms with Gasteiger partial charge in [0, 0.05) is 42.5 Å². The summed E-state index contributed by atoms with van der Waals surface area (Å²) >= 11 is 0. The molecule has 0 spiro atoms. The second-order valence-corrected chi connectivity index (χ2v) is 6.62. The summed E-state index contributed by atoms with van der Waals surface area (Å²) in [4.78, 5) is 11.1. The molecular weight excluding hydrogens is 340 g/mol. The molecule has 4 heterocycles. The number of nitrogens with one attached hydrogen (secondary N) is 1. The van der Waals surface area contributed by atoms with Gasteiger partial charge in [-0.2, -0.15) is 10.1 Å². The van der Waals surface area contributed by atoms with E-state index < -0.39 is 0 Å². The molecule has 0 bridgehead atoms. The number of aryl methyl sites for hydroxylation is 1. The first-order valence-corrected chi connectivity index (χ1v) is 8.91. The normalized spacial score (nSPS) is 13.6. The van der Waals surface area contributed by atoms with E-state index in [1.165, 1.54) is 11.3 Å². The average molecular weight is 358 g/mol. The molecule has 7 heteroatoms. The highest BCUT2D eigenvalue weighted by atomic mass is 16.5. The maximum atomic E-state index is 5.21. The van der Waals surface area contributed by atoms with Gasteiger partial charge in [0.1, 0.15) is 5.82 Å². The molecule has 0 atom stereocenters. The van der Waals surface area contributed by atoms with Crippen LogP contribution in [0.25, 0.3) is 22.7 Å². The molecule has 7 nitrogen and oxygen atoms in total. The Balaban J connectivity index is 1.42. The van der Waals surface area contributed by atoms with Crippen molar-refractivity contribution in [1.82, 2.24) is 25.3 Å². The van der Waals surface area contributed by atoms with E-state index in [0.29, 0.717) is 11.7 Å². The predicted molar refractivity (Wildman–Crippen MR) is 101 cm³/mol. The molecule has 0 aliphatic carbocycles. The molecule has 1 aromatic carbocycles. The maximum absolute atomic E-state index is 5.21. The van der Waals surface area contributed by atoms with Gasteiger partial charge < -0.3 is 9.42 Å². The molecule has 134 valence electrons. The lowest BCUT2D eigenvalue weighted by atomic mass is 10.0. The van der Waals surface area contributed by atoms with E-state index in [1.54, 1.807) is 13.1 Å². The summed E-state index contributed by atoms with van der Waals surface area (Å²) in [5.41, 5.74) is 5.43. The lowest BCUT2D eigenvalue weighted by Gasteiger charge is -2.28. The molecule has 3 aromatic heterocycles. The van der Waals surface area contributed by atoms with Crippen LogP contribution < -0.4 is 4.90 Å². The molecule has 0 saturated carbocycles. The number of nitrogens with zero attached hydrogens (tertiary/aromatic N) is 5. The highest BCUT2D eigenvalue weighted by Crippen LogP contribution is 2.30. The fraction of sp³-hybridized carbons (Fsp3) is 0.200. The van der Waals surface area contributed by atoms with Crippen LogP contribution in [0, 0.1) is 6.92 Å². The number of H-pyrrole nitrogens is 1. The number of hydrogen-bond donors (Lipinski definition) is 1. The van der Waals surface area contributed by atoms with Crippen LogP contribution >= 0.6 is 0 Å². The molecule has 5 rings (SSSR count). The zero-order valence-corrected chi connectivity index (χ0v) is 14.9. The van der Waals surface area contributed by atoms with Gasteiger partial charge in [0.15, 0.2) is 5.82 Å². The molecule has 0 fully saturated rings. The minimum Gasteiger partial charge on any atom is -0.352 e. The van der Waals surface area contributed by atoms with Crippen molar-refractivity contribution in [2.24, 2.45) is 0 Å². The third-order valence-electron chi connectivity index (χ3n) is 4.83. The topological polar surface area (TPSA) is 83.7 Å². The third-order valence-corrected chi connectivity index (χ3v) is 4.83. The predicted octanol–water partition coefficient (Wildman–Crippen LogP) is 3.39. The minimum atomic E-state index is 0.494. The zero-order valence-electron chi connectivity index (χ0n) is 14.9. The number of aromatic amines is 1. The Labute approximate surface area is 156 Å². The van der Waals surface area contributed by atoms with Gasteiger partial charge in [-0.1, -0.05) is 35.5 Å². The van der Waals surface area contributed by atoms with Gasteiger partial charge in [0.2, 0.25) is 0 Å². The fourth-order valence-corrected chi connectivity index (χ4v) is 3.44. The van der Waals surface area contributed by atoms with Crippen LogP contribution in [0.5, 0.6) is 0 Å². The maximum Gasteiger partial charge on any atom is 0.259 e. The quantitative estimate of drug-likeness (QED) is 0.604. The second kappa shape index (κ2) is 6.35. The van der Waals surface area contributed by atoms with Crippen LogP contribution in [0.1, 0.15) is 17.1 Å². The molecular formula is C20H18N6O. The summed E-state index contributed by atoms with van der Waals surface area (Å²) in [7, 11) is 0. The molecule has 1 N–H and O–H groups in total. The van der Waals surface area contributed by atoms with Crippen molar-refractivity contribution >= 4 is 5.82 Å². The van der Waals surface area contributed by atoms with Gasteiger partial charge in [-0.05, 0) is 19.1 Å². The number of rotatable bonds is 3. The van der Waals surface area contributed by atoms with Gasteiger partial charge in [-0.25, -0.2) is 4.98 Å². The molecule has 0 unspecified atom stereocenters. The standard InChI is InChI=1S/C20H18N6O/c1-13-22-20(27-25-13)15-7-8-18(21-11-15)26-10-9-17-16(12-26)19(24-23-17)14-5-3-2-4-6-14/h2-8,11H,9-10,12H2,1H3,(H,23,24). The number of fused-ring (bicyclic) bond motifs is 1. The Morgan fingerprint density at radius 3 is 2.70 bits per heavy atom. The first-order chi connectivity index (χ1) is 13.3. The lowest BCUT2D eigenvalue weighted by molar-refractivity contribution is 0.425. The molecule has 4 aromatic rings. The lowest BCUT2D eigenvalue weighted by Crippen LogP contribution is -2.30. The van der Waals surface area contributed by atoms with E-state index in [1.807, 2.05) is 30.3 Å². The zero-order chi connectivity index (χ0) is 18.2. The smallest absolute Gasteiger partial charge is 0.259 e. The van der Waals surface area contributed by atoms with Crippen LogP contribution in [0.15, 0.2) is 53.2 Å². The summed E-state index contributed by atoms with van der Waals surface area (Å²) in [6.07, 6.45) is 2.70. The molecule has 1 aliphatic rings. The molecule has 0 saturated heterocycles. The Morgan fingerprint density at radius 2 is 1.96 bits per heavy atom. The molecule has 1 aliphatic heterocycles. The fourth-order valence-electron chi connectivity index (χ4n) is 3.44. The van der Waals surface area contributed by atoms with Crippen molar-refractivity contribution in [1.29, 1.82) is 0 Å². The van der Waals surface area contributed by atoms with Gasteiger partial charge in [0.05, 0.1) is 11.3 Å². The minimum absolute atomic E-state index is 0.494. The van der Waals surface area contributed by atoms with Crippen molar-refractivity contribution < 1.29 is 4.52 Å². The third kappa shape index (κ3) is 2.87. The SMILES string of the molecule is Cc1noc(-c2ccc(N3CCc4[nH]nc(-c5ccccc5)c4C3)nc2)n1. The summed E-state index contributed by atoms with van der Waals surface area (Å²) in [6, 6.07) is 14.3. The largest absolute Gasteiger partial charge is 0.352 e. The summed E-state index contributed by atoms with van der Waals surface area (Å²) in [5, 5.41) is 11.6. The Kier molecular flexibility index (Phi) is 3.71. The summed E-state index contributed by atoms with van der Waals surface area (Å²) in [6.45, 7) is 3.48. The Hall–Kier alpha value is -3.48. The monoisotopic (exact) mass is 358 g/mol. The van der Waals surface area contributed by atoms with Crippen LogP contribution in [-0.2, 0) is 13.0 Å². The molecule has 0 amide bonds. The molecule has 27 heavy (non-hydrogen) atoms. The van der Waals surface area contributed by atoms with Crippen LogP contribution in [0.4, 0.5) is 5.82 Å². The number of anilines is 1.